The zero-order chi connectivity index (χ0) is 22.1. The van der Waals surface area contributed by atoms with Gasteiger partial charge in [0.2, 0.25) is 11.7 Å². The quantitative estimate of drug-likeness (QED) is 0.407. The Bertz CT molecular complexity index is 950. The molecule has 2 heterocycles. The van der Waals surface area contributed by atoms with Crippen LogP contribution < -0.4 is 10.6 Å². The molecule has 2 aromatic rings. The molecule has 4 N–H and O–H groups in total. The lowest BCUT2D eigenvalue weighted by molar-refractivity contribution is -0.170. The van der Waals surface area contributed by atoms with Crippen molar-refractivity contribution >= 4 is 17.8 Å². The SMILES string of the molecule is Cc1cc(CC(=O)Nc2cc([C@@H]3CCC[C@](O)(OC(=O)NC4(C)CC4)CC3)[nH]n2)on1. The van der Waals surface area contributed by atoms with Crippen molar-refractivity contribution in [3.8, 4) is 0 Å². The van der Waals surface area contributed by atoms with Crippen LogP contribution in [0.2, 0.25) is 0 Å². The van der Waals surface area contributed by atoms with Crippen molar-refractivity contribution in [3.63, 3.8) is 0 Å². The average molecular weight is 431 g/mol. The van der Waals surface area contributed by atoms with Crippen molar-refractivity contribution in [3.05, 3.63) is 29.3 Å². The number of carbonyl (C=O) groups excluding carboxylic acids is 2. The third kappa shape index (κ3) is 5.63. The number of rotatable bonds is 6. The molecule has 0 saturated heterocycles. The van der Waals surface area contributed by atoms with Gasteiger partial charge < -0.3 is 25.0 Å². The summed E-state index contributed by atoms with van der Waals surface area (Å²) in [6.45, 7) is 3.76. The zero-order valence-corrected chi connectivity index (χ0v) is 17.9. The second kappa shape index (κ2) is 8.33. The van der Waals surface area contributed by atoms with Gasteiger partial charge in [0.05, 0.1) is 12.1 Å². The van der Waals surface area contributed by atoms with Crippen molar-refractivity contribution in [2.24, 2.45) is 0 Å². The molecule has 10 nitrogen and oxygen atoms in total. The monoisotopic (exact) mass is 431 g/mol. The topological polar surface area (TPSA) is 142 Å². The van der Waals surface area contributed by atoms with Gasteiger partial charge in [-0.05, 0) is 46.0 Å². The molecule has 168 valence electrons. The van der Waals surface area contributed by atoms with Gasteiger partial charge in [0.15, 0.2) is 5.82 Å². The smallest absolute Gasteiger partial charge is 0.410 e. The molecule has 2 aliphatic carbocycles. The molecule has 0 aliphatic heterocycles. The van der Waals surface area contributed by atoms with Crippen LogP contribution in [0.3, 0.4) is 0 Å². The second-order valence-electron chi connectivity index (χ2n) is 9.02. The van der Waals surface area contributed by atoms with Crippen molar-refractivity contribution in [2.45, 2.75) is 82.5 Å². The summed E-state index contributed by atoms with van der Waals surface area (Å²) in [5.74, 6) is -0.654. The van der Waals surface area contributed by atoms with E-state index in [1.807, 2.05) is 6.92 Å². The lowest BCUT2D eigenvalue weighted by Crippen LogP contribution is -2.42. The van der Waals surface area contributed by atoms with Crippen LogP contribution >= 0.6 is 0 Å². The number of nitrogens with zero attached hydrogens (tertiary/aromatic N) is 2. The number of amides is 2. The minimum atomic E-state index is -1.46. The maximum absolute atomic E-state index is 12.2. The minimum absolute atomic E-state index is 0.0813. The Balaban J connectivity index is 1.29. The van der Waals surface area contributed by atoms with E-state index in [2.05, 4.69) is 26.0 Å². The van der Waals surface area contributed by atoms with Gasteiger partial charge in [-0.2, -0.15) is 5.10 Å². The van der Waals surface area contributed by atoms with Gasteiger partial charge in [-0.15, -0.1) is 0 Å². The van der Waals surface area contributed by atoms with Gasteiger partial charge in [-0.1, -0.05) is 5.16 Å². The summed E-state index contributed by atoms with van der Waals surface area (Å²) in [5.41, 5.74) is 1.41. The fourth-order valence-electron chi connectivity index (χ4n) is 3.92. The van der Waals surface area contributed by atoms with Crippen LogP contribution in [-0.2, 0) is 16.0 Å². The number of carbonyl (C=O) groups is 2. The predicted octanol–water partition coefficient (Wildman–Crippen LogP) is 2.90. The zero-order valence-electron chi connectivity index (χ0n) is 17.9. The van der Waals surface area contributed by atoms with Gasteiger partial charge in [0, 0.05) is 42.1 Å². The fourth-order valence-corrected chi connectivity index (χ4v) is 3.92. The number of aryl methyl sites for hydroxylation is 1. The van der Waals surface area contributed by atoms with E-state index in [-0.39, 0.29) is 23.8 Å². The lowest BCUT2D eigenvalue weighted by atomic mass is 9.96. The molecule has 2 fully saturated rings. The van der Waals surface area contributed by atoms with E-state index in [9.17, 15) is 14.7 Å². The summed E-state index contributed by atoms with van der Waals surface area (Å²) < 4.78 is 10.4. The number of aromatic amines is 1. The van der Waals surface area contributed by atoms with E-state index < -0.39 is 11.9 Å². The third-order valence-electron chi connectivity index (χ3n) is 6.01. The first-order valence-electron chi connectivity index (χ1n) is 10.7. The average Bonchev–Trinajstić information content (AvgIpc) is 3.07. The fraction of sp³-hybridized carbons (Fsp3) is 0.619. The molecule has 0 aromatic carbocycles. The van der Waals surface area contributed by atoms with E-state index >= 15 is 0 Å². The minimum Gasteiger partial charge on any atom is -0.417 e. The number of alkyl carbamates (subject to hydrolysis) is 1. The molecule has 4 rings (SSSR count). The largest absolute Gasteiger partial charge is 0.417 e. The number of ether oxygens (including phenoxy) is 1. The molecule has 2 amide bonds. The molecule has 0 radical (unpaired) electrons. The Kier molecular flexibility index (Phi) is 5.74. The Morgan fingerprint density at radius 2 is 2.10 bits per heavy atom. The standard InChI is InChI=1S/C21H29N5O5/c1-13-10-15(31-26-13)11-18(27)22-17-12-16(24-25-17)14-4-3-6-21(29,7-5-14)30-19(28)23-20(2)8-9-20/h10,12,14,29H,3-9,11H2,1-2H3,(H,23,28)(H2,22,24,25,27)/t14-,21+/m1/s1. The van der Waals surface area contributed by atoms with Crippen LogP contribution in [0.1, 0.15) is 74.9 Å². The Morgan fingerprint density at radius 3 is 2.81 bits per heavy atom. The van der Waals surface area contributed by atoms with Crippen molar-refractivity contribution < 1.29 is 24.0 Å². The van der Waals surface area contributed by atoms with E-state index in [4.69, 9.17) is 9.26 Å². The summed E-state index contributed by atoms with van der Waals surface area (Å²) in [6.07, 6.45) is 4.27. The molecule has 2 aliphatic rings. The summed E-state index contributed by atoms with van der Waals surface area (Å²) >= 11 is 0. The third-order valence-corrected chi connectivity index (χ3v) is 6.01. The van der Waals surface area contributed by atoms with E-state index in [1.54, 1.807) is 19.1 Å². The predicted molar refractivity (Wildman–Crippen MR) is 110 cm³/mol. The summed E-state index contributed by atoms with van der Waals surface area (Å²) in [5, 5.41) is 27.3. The molecular weight excluding hydrogens is 402 g/mol. The van der Waals surface area contributed by atoms with Crippen LogP contribution in [-0.4, -0.2) is 43.8 Å². The van der Waals surface area contributed by atoms with Gasteiger partial charge in [-0.25, -0.2) is 4.79 Å². The normalized spacial score (nSPS) is 24.8. The lowest BCUT2D eigenvalue weighted by Gasteiger charge is -2.27. The summed E-state index contributed by atoms with van der Waals surface area (Å²) in [6, 6.07) is 3.52. The summed E-state index contributed by atoms with van der Waals surface area (Å²) in [7, 11) is 0. The molecular formula is C21H29N5O5. The van der Waals surface area contributed by atoms with Crippen LogP contribution in [0.15, 0.2) is 16.7 Å². The van der Waals surface area contributed by atoms with Crippen LogP contribution in [0.25, 0.3) is 0 Å². The maximum Gasteiger partial charge on any atom is 0.410 e. The van der Waals surface area contributed by atoms with Crippen LogP contribution in [0.4, 0.5) is 10.6 Å². The highest BCUT2D eigenvalue weighted by molar-refractivity contribution is 5.91. The van der Waals surface area contributed by atoms with Gasteiger partial charge in [0.1, 0.15) is 5.76 Å². The Labute approximate surface area is 180 Å². The first kappa shape index (κ1) is 21.4. The van der Waals surface area contributed by atoms with Crippen molar-refractivity contribution in [1.29, 1.82) is 0 Å². The van der Waals surface area contributed by atoms with Crippen LogP contribution in [0.5, 0.6) is 0 Å². The molecule has 31 heavy (non-hydrogen) atoms. The molecule has 2 aromatic heterocycles. The highest BCUT2D eigenvalue weighted by Crippen LogP contribution is 2.38. The first-order valence-corrected chi connectivity index (χ1v) is 10.7. The first-order chi connectivity index (χ1) is 14.7. The number of aromatic nitrogens is 3. The van der Waals surface area contributed by atoms with E-state index in [0.717, 1.165) is 30.7 Å². The van der Waals surface area contributed by atoms with Crippen molar-refractivity contribution in [2.75, 3.05) is 5.32 Å². The number of nitrogens with one attached hydrogen (secondary N) is 3. The van der Waals surface area contributed by atoms with Gasteiger partial charge in [0.25, 0.3) is 0 Å². The molecule has 0 spiro atoms. The van der Waals surface area contributed by atoms with Crippen molar-refractivity contribution in [1.82, 2.24) is 20.7 Å². The van der Waals surface area contributed by atoms with Crippen LogP contribution in [0, 0.1) is 6.92 Å². The van der Waals surface area contributed by atoms with E-state index in [1.165, 1.54) is 0 Å². The molecule has 0 bridgehead atoms. The Morgan fingerprint density at radius 1 is 1.29 bits per heavy atom. The van der Waals surface area contributed by atoms with Gasteiger partial charge in [-0.3, -0.25) is 9.89 Å². The number of H-pyrrole nitrogens is 1. The number of aliphatic hydroxyl groups is 1. The molecule has 2 atom stereocenters. The summed E-state index contributed by atoms with van der Waals surface area (Å²) in [4.78, 5) is 24.3. The molecule has 2 saturated carbocycles. The Hall–Kier alpha value is -2.88. The number of hydrogen-bond donors (Lipinski definition) is 4. The second-order valence-corrected chi connectivity index (χ2v) is 9.02. The molecule has 0 unspecified atom stereocenters. The number of anilines is 1. The highest BCUT2D eigenvalue weighted by atomic mass is 16.7. The maximum atomic E-state index is 12.2. The number of hydrogen-bond acceptors (Lipinski definition) is 7. The molecule has 10 heteroatoms. The van der Waals surface area contributed by atoms with E-state index in [0.29, 0.717) is 37.3 Å². The van der Waals surface area contributed by atoms with Gasteiger partial charge >= 0.3 is 6.09 Å². The highest BCUT2D eigenvalue weighted by Gasteiger charge is 2.42.